The van der Waals surface area contributed by atoms with Crippen LogP contribution in [0.1, 0.15) is 104 Å². The van der Waals surface area contributed by atoms with Gasteiger partial charge in [-0.2, -0.15) is 0 Å². The van der Waals surface area contributed by atoms with Crippen LogP contribution in [0.25, 0.3) is 0 Å². The van der Waals surface area contributed by atoms with Gasteiger partial charge in [0.15, 0.2) is 0 Å². The molecule has 0 aromatic carbocycles. The molecule has 0 spiro atoms. The highest BCUT2D eigenvalue weighted by Crippen LogP contribution is 2.20. The average Bonchev–Trinajstić information content (AvgIpc) is 2.54. The molecule has 130 valence electrons. The van der Waals surface area contributed by atoms with Crippen molar-refractivity contribution in [1.82, 2.24) is 0 Å². The fourth-order valence-electron chi connectivity index (χ4n) is 3.09. The summed E-state index contributed by atoms with van der Waals surface area (Å²) in [6.45, 7) is 10.1. The van der Waals surface area contributed by atoms with E-state index in [2.05, 4.69) is 20.4 Å². The van der Waals surface area contributed by atoms with E-state index in [-0.39, 0.29) is 11.8 Å². The Morgan fingerprint density at radius 3 is 1.73 bits per heavy atom. The van der Waals surface area contributed by atoms with Gasteiger partial charge in [-0.3, -0.25) is 4.79 Å². The van der Waals surface area contributed by atoms with E-state index >= 15 is 0 Å². The number of unbranched alkanes of at least 4 members (excludes halogenated alkanes) is 10. The molecule has 0 heterocycles. The number of ketones is 1. The third-order valence-corrected chi connectivity index (χ3v) is 4.85. The van der Waals surface area contributed by atoms with Crippen LogP contribution in [0, 0.1) is 11.8 Å². The maximum Gasteiger partial charge on any atom is 0.142 e. The van der Waals surface area contributed by atoms with Crippen molar-refractivity contribution in [3.63, 3.8) is 0 Å². The predicted molar refractivity (Wildman–Crippen MR) is 99.2 cm³/mol. The quantitative estimate of drug-likeness (QED) is 0.219. The van der Waals surface area contributed by atoms with Crippen LogP contribution in [0.15, 0.2) is 12.7 Å². The largest absolute Gasteiger partial charge is 0.299 e. The van der Waals surface area contributed by atoms with Crippen LogP contribution in [-0.2, 0) is 4.79 Å². The van der Waals surface area contributed by atoms with E-state index in [9.17, 15) is 4.79 Å². The van der Waals surface area contributed by atoms with Crippen LogP contribution in [0.2, 0.25) is 0 Å². The summed E-state index contributed by atoms with van der Waals surface area (Å²) in [5.74, 6) is 0.675. The molecular formula is C21H40O. The van der Waals surface area contributed by atoms with Crippen molar-refractivity contribution in [2.24, 2.45) is 11.8 Å². The molecule has 1 heteroatoms. The molecule has 22 heavy (non-hydrogen) atoms. The van der Waals surface area contributed by atoms with Gasteiger partial charge in [-0.1, -0.05) is 97.5 Å². The number of Topliss-reactive ketones (excluding diaryl/α,β-unsaturated/α-hetero) is 1. The van der Waals surface area contributed by atoms with Crippen LogP contribution in [0.3, 0.4) is 0 Å². The molecule has 1 nitrogen and oxygen atoms in total. The van der Waals surface area contributed by atoms with E-state index in [0.717, 1.165) is 12.8 Å². The van der Waals surface area contributed by atoms with Gasteiger partial charge in [0.25, 0.3) is 0 Å². The normalized spacial score (nSPS) is 13.8. The van der Waals surface area contributed by atoms with Gasteiger partial charge >= 0.3 is 0 Å². The Hall–Kier alpha value is -0.590. The topological polar surface area (TPSA) is 17.1 Å². The van der Waals surface area contributed by atoms with E-state index in [0.29, 0.717) is 5.78 Å². The maximum atomic E-state index is 12.1. The van der Waals surface area contributed by atoms with E-state index < -0.39 is 0 Å². The van der Waals surface area contributed by atoms with Crippen molar-refractivity contribution in [1.29, 1.82) is 0 Å². The molecule has 0 aliphatic rings. The SMILES string of the molecule is C=CC(C)C(=O)C(CC)CCCCCCCCCCCCC. The second-order valence-corrected chi connectivity index (χ2v) is 6.86. The Morgan fingerprint density at radius 1 is 0.864 bits per heavy atom. The lowest BCUT2D eigenvalue weighted by molar-refractivity contribution is -0.125. The van der Waals surface area contributed by atoms with Crippen molar-refractivity contribution in [2.45, 2.75) is 104 Å². The average molecular weight is 309 g/mol. The van der Waals surface area contributed by atoms with Gasteiger partial charge in [0.05, 0.1) is 0 Å². The molecule has 0 rings (SSSR count). The van der Waals surface area contributed by atoms with Crippen LogP contribution in [-0.4, -0.2) is 5.78 Å². The van der Waals surface area contributed by atoms with Gasteiger partial charge in [-0.05, 0) is 12.8 Å². The van der Waals surface area contributed by atoms with Gasteiger partial charge in [-0.25, -0.2) is 0 Å². The summed E-state index contributed by atoms with van der Waals surface area (Å²) in [7, 11) is 0. The molecule has 0 amide bonds. The van der Waals surface area contributed by atoms with Crippen LogP contribution < -0.4 is 0 Å². The zero-order chi connectivity index (χ0) is 16.6. The van der Waals surface area contributed by atoms with Crippen molar-refractivity contribution in [3.8, 4) is 0 Å². The van der Waals surface area contributed by atoms with Crippen LogP contribution >= 0.6 is 0 Å². The Balaban J connectivity index is 3.47. The smallest absolute Gasteiger partial charge is 0.142 e. The summed E-state index contributed by atoms with van der Waals surface area (Å²) in [5, 5.41) is 0. The summed E-state index contributed by atoms with van der Waals surface area (Å²) >= 11 is 0. The standard InChI is InChI=1S/C21H40O/c1-5-8-9-10-11-12-13-14-15-16-17-18-20(7-3)21(22)19(4)6-2/h6,19-20H,2,5,7-18H2,1,3-4H3. The Kier molecular flexibility index (Phi) is 14.9. The zero-order valence-electron chi connectivity index (χ0n) is 15.5. The number of rotatable bonds is 16. The first kappa shape index (κ1) is 21.4. The minimum absolute atomic E-state index is 0.0256. The molecule has 0 aromatic rings. The first-order valence-corrected chi connectivity index (χ1v) is 9.83. The maximum absolute atomic E-state index is 12.1. The van der Waals surface area contributed by atoms with Gasteiger partial charge in [0.1, 0.15) is 5.78 Å². The molecule has 0 N–H and O–H groups in total. The predicted octanol–water partition coefficient (Wildman–Crippen LogP) is 7.10. The van der Waals surface area contributed by atoms with Crippen molar-refractivity contribution >= 4 is 5.78 Å². The summed E-state index contributed by atoms with van der Waals surface area (Å²) in [4.78, 5) is 12.1. The molecule has 0 saturated heterocycles. The van der Waals surface area contributed by atoms with E-state index in [1.54, 1.807) is 6.08 Å². The number of carbonyl (C=O) groups is 1. The number of carbonyl (C=O) groups excluding carboxylic acids is 1. The third-order valence-electron chi connectivity index (χ3n) is 4.85. The third kappa shape index (κ3) is 11.0. The molecule has 0 aromatic heterocycles. The van der Waals surface area contributed by atoms with Gasteiger partial charge in [0.2, 0.25) is 0 Å². The molecule has 0 aliphatic heterocycles. The minimum atomic E-state index is 0.0256. The van der Waals surface area contributed by atoms with Crippen LogP contribution in [0.4, 0.5) is 0 Å². The van der Waals surface area contributed by atoms with Crippen molar-refractivity contribution < 1.29 is 4.79 Å². The lowest BCUT2D eigenvalue weighted by Crippen LogP contribution is -2.19. The second-order valence-electron chi connectivity index (χ2n) is 6.86. The monoisotopic (exact) mass is 308 g/mol. The molecule has 0 aliphatic carbocycles. The molecular weight excluding hydrogens is 268 g/mol. The lowest BCUT2D eigenvalue weighted by Gasteiger charge is -2.16. The van der Waals surface area contributed by atoms with E-state index in [1.165, 1.54) is 70.6 Å². The number of allylic oxidation sites excluding steroid dienone is 1. The second kappa shape index (κ2) is 15.3. The molecule has 0 saturated carbocycles. The van der Waals surface area contributed by atoms with Crippen molar-refractivity contribution in [2.75, 3.05) is 0 Å². The lowest BCUT2D eigenvalue weighted by atomic mass is 9.87. The summed E-state index contributed by atoms with van der Waals surface area (Å²) in [6, 6.07) is 0. The Bertz CT molecular complexity index is 269. The molecule has 0 radical (unpaired) electrons. The molecule has 2 atom stereocenters. The van der Waals surface area contributed by atoms with E-state index in [4.69, 9.17) is 0 Å². The van der Waals surface area contributed by atoms with Gasteiger partial charge < -0.3 is 0 Å². The zero-order valence-corrected chi connectivity index (χ0v) is 15.5. The first-order valence-electron chi connectivity index (χ1n) is 9.83. The minimum Gasteiger partial charge on any atom is -0.299 e. The summed E-state index contributed by atoms with van der Waals surface area (Å²) < 4.78 is 0. The molecule has 0 fully saturated rings. The van der Waals surface area contributed by atoms with Gasteiger partial charge in [-0.15, -0.1) is 6.58 Å². The molecule has 0 bridgehead atoms. The van der Waals surface area contributed by atoms with Crippen molar-refractivity contribution in [3.05, 3.63) is 12.7 Å². The number of hydrogen-bond acceptors (Lipinski definition) is 1. The van der Waals surface area contributed by atoms with Gasteiger partial charge in [0, 0.05) is 11.8 Å². The van der Waals surface area contributed by atoms with Crippen LogP contribution in [0.5, 0.6) is 0 Å². The Morgan fingerprint density at radius 2 is 1.32 bits per heavy atom. The highest BCUT2D eigenvalue weighted by molar-refractivity contribution is 5.84. The Labute approximate surface area is 140 Å². The summed E-state index contributed by atoms with van der Waals surface area (Å²) in [6.07, 6.45) is 18.9. The fraction of sp³-hybridized carbons (Fsp3) is 0.857. The van der Waals surface area contributed by atoms with E-state index in [1.807, 2.05) is 6.92 Å². The fourth-order valence-corrected chi connectivity index (χ4v) is 3.09. The molecule has 2 unspecified atom stereocenters. The summed E-state index contributed by atoms with van der Waals surface area (Å²) in [5.41, 5.74) is 0. The first-order chi connectivity index (χ1) is 10.7. The highest BCUT2D eigenvalue weighted by atomic mass is 16.1. The highest BCUT2D eigenvalue weighted by Gasteiger charge is 2.19. The number of hydrogen-bond donors (Lipinski definition) is 0.